The Morgan fingerprint density at radius 3 is 2.89 bits per heavy atom. The van der Waals surface area contributed by atoms with Gasteiger partial charge < -0.3 is 11.1 Å². The average molecular weight is 309 g/mol. The largest absolute Gasteiger partial charge is 0.398 e. The van der Waals surface area contributed by atoms with Gasteiger partial charge in [0.05, 0.1) is 0 Å². The smallest absolute Gasteiger partial charge is 0.256 e. The summed E-state index contributed by atoms with van der Waals surface area (Å²) in [6.07, 6.45) is 0.844. The van der Waals surface area contributed by atoms with Gasteiger partial charge in [0.1, 0.15) is 0 Å². The summed E-state index contributed by atoms with van der Waals surface area (Å²) in [5, 5.41) is 9.55. The molecule has 18 heavy (non-hydrogen) atoms. The van der Waals surface area contributed by atoms with Gasteiger partial charge in [-0.15, -0.1) is 0 Å². The van der Waals surface area contributed by atoms with E-state index < -0.39 is 0 Å². The van der Waals surface area contributed by atoms with Crippen LogP contribution in [0.25, 0.3) is 0 Å². The van der Waals surface area contributed by atoms with Crippen LogP contribution in [0.4, 0.5) is 11.5 Å². The molecule has 2 rings (SSSR count). The number of aryl methyl sites for hydroxylation is 1. The second-order valence-electron chi connectivity index (χ2n) is 3.82. The van der Waals surface area contributed by atoms with Crippen molar-refractivity contribution in [2.24, 2.45) is 0 Å². The van der Waals surface area contributed by atoms with Crippen LogP contribution in [0.1, 0.15) is 23.0 Å². The van der Waals surface area contributed by atoms with Gasteiger partial charge in [0.15, 0.2) is 5.82 Å². The number of aromatic amines is 1. The zero-order chi connectivity index (χ0) is 13.1. The van der Waals surface area contributed by atoms with E-state index in [1.54, 1.807) is 18.2 Å². The van der Waals surface area contributed by atoms with E-state index in [9.17, 15) is 4.79 Å². The summed E-state index contributed by atoms with van der Waals surface area (Å²) >= 11 is 3.29. The number of amides is 1. The van der Waals surface area contributed by atoms with Gasteiger partial charge in [0, 0.05) is 27.5 Å². The predicted molar refractivity (Wildman–Crippen MR) is 74.5 cm³/mol. The number of benzene rings is 1. The lowest BCUT2D eigenvalue weighted by Crippen LogP contribution is -2.12. The standard InChI is InChI=1S/C12H13BrN4O/c1-2-8-6-11(17-16-8)15-12(18)7-3-4-10(14)9(13)5-7/h3-6H,2,14H2,1H3,(H2,15,16,17,18). The molecule has 0 spiro atoms. The van der Waals surface area contributed by atoms with Gasteiger partial charge in [-0.2, -0.15) is 5.10 Å². The van der Waals surface area contributed by atoms with Crippen molar-refractivity contribution in [3.05, 3.63) is 40.0 Å². The van der Waals surface area contributed by atoms with E-state index in [-0.39, 0.29) is 5.91 Å². The molecule has 0 saturated carbocycles. The summed E-state index contributed by atoms with van der Waals surface area (Å²) in [6.45, 7) is 2.01. The SMILES string of the molecule is CCc1cc(NC(=O)c2ccc(N)c(Br)c2)n[nH]1. The lowest BCUT2D eigenvalue weighted by Gasteiger charge is -2.03. The van der Waals surface area contributed by atoms with Gasteiger partial charge in [0.2, 0.25) is 0 Å². The molecule has 4 N–H and O–H groups in total. The first-order chi connectivity index (χ1) is 8.60. The van der Waals surface area contributed by atoms with E-state index in [1.165, 1.54) is 0 Å². The van der Waals surface area contributed by atoms with E-state index in [2.05, 4.69) is 31.4 Å². The number of nitrogens with two attached hydrogens (primary N) is 1. The number of rotatable bonds is 3. The molecular formula is C12H13BrN4O. The van der Waals surface area contributed by atoms with Crippen LogP contribution in [0.5, 0.6) is 0 Å². The van der Waals surface area contributed by atoms with Gasteiger partial charge in [-0.3, -0.25) is 9.89 Å². The monoisotopic (exact) mass is 308 g/mol. The zero-order valence-corrected chi connectivity index (χ0v) is 11.4. The molecule has 1 heterocycles. The van der Waals surface area contributed by atoms with Crippen LogP contribution in [0.3, 0.4) is 0 Å². The molecule has 0 aliphatic heterocycles. The molecule has 1 aromatic heterocycles. The van der Waals surface area contributed by atoms with Crippen molar-refractivity contribution in [3.63, 3.8) is 0 Å². The highest BCUT2D eigenvalue weighted by Gasteiger charge is 2.09. The topological polar surface area (TPSA) is 83.8 Å². The molecule has 0 unspecified atom stereocenters. The van der Waals surface area contributed by atoms with Crippen molar-refractivity contribution in [2.45, 2.75) is 13.3 Å². The lowest BCUT2D eigenvalue weighted by atomic mass is 10.2. The number of nitrogen functional groups attached to an aromatic ring is 1. The Balaban J connectivity index is 2.14. The quantitative estimate of drug-likeness (QED) is 0.762. The molecule has 0 radical (unpaired) electrons. The molecule has 1 amide bonds. The Labute approximate surface area is 113 Å². The predicted octanol–water partition coefficient (Wildman–Crippen LogP) is 2.57. The Morgan fingerprint density at radius 1 is 1.50 bits per heavy atom. The lowest BCUT2D eigenvalue weighted by molar-refractivity contribution is 0.102. The molecule has 0 fully saturated rings. The van der Waals surface area contributed by atoms with E-state index >= 15 is 0 Å². The fourth-order valence-corrected chi connectivity index (χ4v) is 1.84. The van der Waals surface area contributed by atoms with Crippen molar-refractivity contribution in [1.82, 2.24) is 10.2 Å². The highest BCUT2D eigenvalue weighted by molar-refractivity contribution is 9.10. The molecule has 2 aromatic rings. The normalized spacial score (nSPS) is 10.3. The Bertz CT molecular complexity index is 579. The fourth-order valence-electron chi connectivity index (χ4n) is 1.46. The Kier molecular flexibility index (Phi) is 3.66. The minimum Gasteiger partial charge on any atom is -0.398 e. The molecule has 0 aliphatic rings. The van der Waals surface area contributed by atoms with Crippen molar-refractivity contribution in [2.75, 3.05) is 11.1 Å². The average Bonchev–Trinajstić information content (AvgIpc) is 2.80. The summed E-state index contributed by atoms with van der Waals surface area (Å²) in [6, 6.07) is 6.84. The van der Waals surface area contributed by atoms with Crippen molar-refractivity contribution >= 4 is 33.3 Å². The van der Waals surface area contributed by atoms with E-state index in [4.69, 9.17) is 5.73 Å². The summed E-state index contributed by atoms with van der Waals surface area (Å²) in [4.78, 5) is 11.9. The third kappa shape index (κ3) is 2.70. The Morgan fingerprint density at radius 2 is 2.28 bits per heavy atom. The minimum absolute atomic E-state index is 0.218. The van der Waals surface area contributed by atoms with Gasteiger partial charge in [-0.05, 0) is 40.5 Å². The number of aromatic nitrogens is 2. The second kappa shape index (κ2) is 5.22. The van der Waals surface area contributed by atoms with E-state index in [0.29, 0.717) is 21.5 Å². The van der Waals surface area contributed by atoms with Crippen LogP contribution in [-0.2, 0) is 6.42 Å². The molecular weight excluding hydrogens is 296 g/mol. The molecule has 1 aromatic carbocycles. The first-order valence-corrected chi connectivity index (χ1v) is 6.30. The summed E-state index contributed by atoms with van der Waals surface area (Å²) in [5.74, 6) is 0.301. The molecule has 0 saturated heterocycles. The van der Waals surface area contributed by atoms with E-state index in [1.807, 2.05) is 13.0 Å². The number of halogens is 1. The maximum absolute atomic E-state index is 11.9. The minimum atomic E-state index is -0.218. The summed E-state index contributed by atoms with van der Waals surface area (Å²) in [5.41, 5.74) is 7.76. The summed E-state index contributed by atoms with van der Waals surface area (Å²) < 4.78 is 0.700. The Hall–Kier alpha value is -1.82. The second-order valence-corrected chi connectivity index (χ2v) is 4.68. The van der Waals surface area contributed by atoms with Crippen LogP contribution in [0.2, 0.25) is 0 Å². The van der Waals surface area contributed by atoms with Crippen molar-refractivity contribution in [1.29, 1.82) is 0 Å². The molecule has 6 heteroatoms. The highest BCUT2D eigenvalue weighted by Crippen LogP contribution is 2.21. The highest BCUT2D eigenvalue weighted by atomic mass is 79.9. The first kappa shape index (κ1) is 12.6. The number of H-pyrrole nitrogens is 1. The molecule has 0 bridgehead atoms. The molecule has 5 nitrogen and oxygen atoms in total. The van der Waals surface area contributed by atoms with Crippen LogP contribution in [-0.4, -0.2) is 16.1 Å². The number of carbonyl (C=O) groups is 1. The van der Waals surface area contributed by atoms with Crippen molar-refractivity contribution in [3.8, 4) is 0 Å². The molecule has 0 atom stereocenters. The van der Waals surface area contributed by atoms with Gasteiger partial charge in [0.25, 0.3) is 5.91 Å². The number of anilines is 2. The van der Waals surface area contributed by atoms with Crippen LogP contribution in [0, 0.1) is 0 Å². The molecule has 0 aliphatic carbocycles. The van der Waals surface area contributed by atoms with Crippen molar-refractivity contribution < 1.29 is 4.79 Å². The third-order valence-corrected chi connectivity index (χ3v) is 3.20. The number of nitrogens with one attached hydrogen (secondary N) is 2. The number of hydrogen-bond donors (Lipinski definition) is 3. The van der Waals surface area contributed by atoms with Crippen LogP contribution in [0.15, 0.2) is 28.7 Å². The number of nitrogens with zero attached hydrogens (tertiary/aromatic N) is 1. The third-order valence-electron chi connectivity index (χ3n) is 2.52. The number of hydrogen-bond acceptors (Lipinski definition) is 3. The van der Waals surface area contributed by atoms with Gasteiger partial charge in [-0.1, -0.05) is 6.92 Å². The maximum Gasteiger partial charge on any atom is 0.256 e. The number of carbonyl (C=O) groups excluding carboxylic acids is 1. The maximum atomic E-state index is 11.9. The van der Waals surface area contributed by atoms with E-state index in [0.717, 1.165) is 12.1 Å². The van der Waals surface area contributed by atoms with Crippen LogP contribution >= 0.6 is 15.9 Å². The van der Waals surface area contributed by atoms with Crippen LogP contribution < -0.4 is 11.1 Å². The first-order valence-electron chi connectivity index (χ1n) is 5.51. The van der Waals surface area contributed by atoms with Gasteiger partial charge in [-0.25, -0.2) is 0 Å². The fraction of sp³-hybridized carbons (Fsp3) is 0.167. The zero-order valence-electron chi connectivity index (χ0n) is 9.83. The molecule has 94 valence electrons. The summed E-state index contributed by atoms with van der Waals surface area (Å²) in [7, 11) is 0. The van der Waals surface area contributed by atoms with Gasteiger partial charge >= 0.3 is 0 Å².